The van der Waals surface area contributed by atoms with E-state index in [1.54, 1.807) is 19.1 Å². The number of halogens is 3. The molecule has 2 amide bonds. The molecule has 0 bridgehead atoms. The first-order valence-electron chi connectivity index (χ1n) is 12.8. The Hall–Kier alpha value is -3.14. The van der Waals surface area contributed by atoms with Gasteiger partial charge in [-0.3, -0.25) is 13.9 Å². The summed E-state index contributed by atoms with van der Waals surface area (Å²) in [4.78, 5) is 28.4. The molecule has 3 aromatic rings. The average molecular weight is 609 g/mol. The van der Waals surface area contributed by atoms with Gasteiger partial charge in [0, 0.05) is 18.1 Å². The number of sulfonamides is 1. The molecule has 0 aromatic heterocycles. The van der Waals surface area contributed by atoms with E-state index < -0.39 is 34.3 Å². The Bertz CT molecular complexity index is 1430. The normalized spacial score (nSPS) is 12.1. The zero-order chi connectivity index (χ0) is 29.4. The second-order valence-electron chi connectivity index (χ2n) is 9.28. The van der Waals surface area contributed by atoms with E-state index in [2.05, 4.69) is 5.32 Å². The maximum absolute atomic E-state index is 14.0. The van der Waals surface area contributed by atoms with E-state index in [0.717, 1.165) is 9.87 Å². The number of nitrogens with zero attached hydrogens (tertiary/aromatic N) is 2. The molecule has 3 rings (SSSR count). The zero-order valence-corrected chi connectivity index (χ0v) is 24.9. The molecule has 0 fully saturated rings. The summed E-state index contributed by atoms with van der Waals surface area (Å²) in [6.07, 6.45) is 0.967. The Labute approximate surface area is 244 Å². The number of rotatable bonds is 12. The number of nitrogens with one attached hydrogen (secondary N) is 1. The summed E-state index contributed by atoms with van der Waals surface area (Å²) in [5.74, 6) is -1.46. The minimum atomic E-state index is -4.29. The molecule has 0 heterocycles. The largest absolute Gasteiger partial charge is 0.354 e. The standard InChI is InChI=1S/C29H32Cl2FN3O4S/c1-4-16-33-29(37)26(5-2)34(18-21-8-11-23(32)12-9-21)28(36)19-35(27-17-22(30)10-15-25(27)31)40(38,39)24-13-6-20(3)7-14-24/h6-15,17,26H,4-5,16,18-19H2,1-3H3,(H,33,37)/t26-/m0/s1. The maximum Gasteiger partial charge on any atom is 0.264 e. The van der Waals surface area contributed by atoms with Crippen LogP contribution < -0.4 is 9.62 Å². The van der Waals surface area contributed by atoms with Crippen molar-refractivity contribution in [1.82, 2.24) is 10.2 Å². The fraction of sp³-hybridized carbons (Fsp3) is 0.310. The molecule has 0 aliphatic carbocycles. The van der Waals surface area contributed by atoms with Crippen molar-refractivity contribution in [1.29, 1.82) is 0 Å². The van der Waals surface area contributed by atoms with Crippen LogP contribution in [0.15, 0.2) is 71.6 Å². The lowest BCUT2D eigenvalue weighted by Crippen LogP contribution is -2.52. The maximum atomic E-state index is 14.0. The molecule has 40 heavy (non-hydrogen) atoms. The molecule has 7 nitrogen and oxygen atoms in total. The van der Waals surface area contributed by atoms with Crippen molar-refractivity contribution in [3.8, 4) is 0 Å². The zero-order valence-electron chi connectivity index (χ0n) is 22.5. The Morgan fingerprint density at radius 3 is 2.23 bits per heavy atom. The van der Waals surface area contributed by atoms with Gasteiger partial charge in [-0.15, -0.1) is 0 Å². The van der Waals surface area contributed by atoms with Gasteiger partial charge in [0.15, 0.2) is 0 Å². The van der Waals surface area contributed by atoms with Gasteiger partial charge in [-0.1, -0.05) is 66.9 Å². The van der Waals surface area contributed by atoms with Gasteiger partial charge >= 0.3 is 0 Å². The molecule has 0 aliphatic rings. The molecule has 1 N–H and O–H groups in total. The van der Waals surface area contributed by atoms with Crippen LogP contribution in [0.4, 0.5) is 10.1 Å². The quantitative estimate of drug-likeness (QED) is 0.275. The van der Waals surface area contributed by atoms with Gasteiger partial charge in [-0.05, 0) is 67.8 Å². The summed E-state index contributed by atoms with van der Waals surface area (Å²) in [6.45, 7) is 5.21. The summed E-state index contributed by atoms with van der Waals surface area (Å²) >= 11 is 12.6. The predicted molar refractivity (Wildman–Crippen MR) is 157 cm³/mol. The minimum Gasteiger partial charge on any atom is -0.354 e. The highest BCUT2D eigenvalue weighted by Crippen LogP contribution is 2.33. The van der Waals surface area contributed by atoms with Gasteiger partial charge in [0.25, 0.3) is 10.0 Å². The first-order valence-corrected chi connectivity index (χ1v) is 15.0. The van der Waals surface area contributed by atoms with E-state index >= 15 is 0 Å². The highest BCUT2D eigenvalue weighted by molar-refractivity contribution is 7.92. The van der Waals surface area contributed by atoms with Gasteiger partial charge in [0.05, 0.1) is 15.6 Å². The van der Waals surface area contributed by atoms with Crippen LogP contribution in [-0.2, 0) is 26.2 Å². The minimum absolute atomic E-state index is 0.0216. The first-order chi connectivity index (χ1) is 19.0. The molecule has 11 heteroatoms. The lowest BCUT2D eigenvalue weighted by atomic mass is 10.1. The third-order valence-corrected chi connectivity index (χ3v) is 8.59. The van der Waals surface area contributed by atoms with Crippen LogP contribution in [0.1, 0.15) is 37.8 Å². The van der Waals surface area contributed by atoms with E-state index in [-0.39, 0.29) is 39.5 Å². The number of benzene rings is 3. The van der Waals surface area contributed by atoms with Crippen LogP contribution >= 0.6 is 23.2 Å². The topological polar surface area (TPSA) is 86.8 Å². The van der Waals surface area contributed by atoms with Crippen LogP contribution in [0.5, 0.6) is 0 Å². The van der Waals surface area contributed by atoms with Gasteiger partial charge in [0.2, 0.25) is 11.8 Å². The van der Waals surface area contributed by atoms with Gasteiger partial charge < -0.3 is 10.2 Å². The van der Waals surface area contributed by atoms with Crippen LogP contribution in [0.2, 0.25) is 10.0 Å². The molecular weight excluding hydrogens is 576 g/mol. The Morgan fingerprint density at radius 1 is 0.975 bits per heavy atom. The first kappa shape index (κ1) is 31.4. The third-order valence-electron chi connectivity index (χ3n) is 6.27. The number of anilines is 1. The van der Waals surface area contributed by atoms with E-state index in [0.29, 0.717) is 18.5 Å². The number of carbonyl (C=O) groups is 2. The van der Waals surface area contributed by atoms with Crippen molar-refractivity contribution in [2.45, 2.75) is 51.1 Å². The molecule has 3 aromatic carbocycles. The second-order valence-corrected chi connectivity index (χ2v) is 12.0. The summed E-state index contributed by atoms with van der Waals surface area (Å²) in [5, 5.41) is 3.11. The Balaban J connectivity index is 2.09. The van der Waals surface area contributed by atoms with Gasteiger partial charge in [0.1, 0.15) is 18.4 Å². The highest BCUT2D eigenvalue weighted by atomic mass is 35.5. The van der Waals surface area contributed by atoms with Crippen molar-refractivity contribution in [2.24, 2.45) is 0 Å². The second kappa shape index (κ2) is 14.0. The molecule has 0 unspecified atom stereocenters. The third kappa shape index (κ3) is 7.74. The molecule has 0 aliphatic heterocycles. The predicted octanol–water partition coefficient (Wildman–Crippen LogP) is 5.97. The molecule has 0 radical (unpaired) electrons. The molecule has 0 spiro atoms. The van der Waals surface area contributed by atoms with E-state index in [4.69, 9.17) is 23.2 Å². The fourth-order valence-electron chi connectivity index (χ4n) is 4.10. The fourth-order valence-corrected chi connectivity index (χ4v) is 5.96. The van der Waals surface area contributed by atoms with Gasteiger partial charge in [-0.2, -0.15) is 0 Å². The average Bonchev–Trinajstić information content (AvgIpc) is 2.93. The Kier molecular flexibility index (Phi) is 11.0. The van der Waals surface area contributed by atoms with Crippen LogP contribution in [-0.4, -0.2) is 44.3 Å². The summed E-state index contributed by atoms with van der Waals surface area (Å²) in [6, 6.07) is 15.2. The lowest BCUT2D eigenvalue weighted by Gasteiger charge is -2.33. The van der Waals surface area contributed by atoms with Crippen LogP contribution in [0, 0.1) is 12.7 Å². The van der Waals surface area contributed by atoms with Crippen molar-refractivity contribution in [2.75, 3.05) is 17.4 Å². The molecule has 0 saturated heterocycles. The molecular formula is C29H32Cl2FN3O4S. The summed E-state index contributed by atoms with van der Waals surface area (Å²) < 4.78 is 42.3. The van der Waals surface area contributed by atoms with Gasteiger partial charge in [-0.25, -0.2) is 12.8 Å². The highest BCUT2D eigenvalue weighted by Gasteiger charge is 2.34. The summed E-state index contributed by atoms with van der Waals surface area (Å²) in [5.41, 5.74) is 1.45. The van der Waals surface area contributed by atoms with E-state index in [9.17, 15) is 22.4 Å². The molecule has 0 saturated carbocycles. The lowest BCUT2D eigenvalue weighted by molar-refractivity contribution is -0.140. The number of hydrogen-bond donors (Lipinski definition) is 1. The van der Waals surface area contributed by atoms with E-state index in [1.807, 2.05) is 13.8 Å². The van der Waals surface area contributed by atoms with Crippen molar-refractivity contribution < 1.29 is 22.4 Å². The van der Waals surface area contributed by atoms with Crippen LogP contribution in [0.25, 0.3) is 0 Å². The summed E-state index contributed by atoms with van der Waals surface area (Å²) in [7, 11) is -4.29. The smallest absolute Gasteiger partial charge is 0.264 e. The number of aryl methyl sites for hydroxylation is 1. The monoisotopic (exact) mass is 607 g/mol. The SMILES string of the molecule is CCCNC(=O)[C@H](CC)N(Cc1ccc(F)cc1)C(=O)CN(c1cc(Cl)ccc1Cl)S(=O)(=O)c1ccc(C)cc1. The van der Waals surface area contributed by atoms with Crippen molar-refractivity contribution in [3.63, 3.8) is 0 Å². The molecule has 1 atom stereocenters. The van der Waals surface area contributed by atoms with Crippen molar-refractivity contribution >= 4 is 50.7 Å². The Morgan fingerprint density at radius 2 is 1.62 bits per heavy atom. The number of hydrogen-bond acceptors (Lipinski definition) is 4. The van der Waals surface area contributed by atoms with E-state index in [1.165, 1.54) is 59.5 Å². The van der Waals surface area contributed by atoms with Crippen molar-refractivity contribution in [3.05, 3.63) is 93.7 Å². The number of amides is 2. The molecule has 214 valence electrons. The number of carbonyl (C=O) groups excluding carboxylic acids is 2. The van der Waals surface area contributed by atoms with Crippen LogP contribution in [0.3, 0.4) is 0 Å².